The summed E-state index contributed by atoms with van der Waals surface area (Å²) in [5.41, 5.74) is 7.13. The van der Waals surface area contributed by atoms with Crippen LogP contribution in [-0.4, -0.2) is 37.0 Å². The maximum Gasteiger partial charge on any atom is 0.170 e. The molecule has 110 valence electrons. The van der Waals surface area contributed by atoms with Crippen molar-refractivity contribution in [2.75, 3.05) is 12.3 Å². The van der Waals surface area contributed by atoms with Crippen LogP contribution in [0.5, 0.6) is 0 Å². The molecule has 0 amide bonds. The van der Waals surface area contributed by atoms with Crippen molar-refractivity contribution in [3.05, 3.63) is 35.4 Å². The Labute approximate surface area is 118 Å². The summed E-state index contributed by atoms with van der Waals surface area (Å²) in [6.45, 7) is 0.922. The zero-order valence-corrected chi connectivity index (χ0v) is 11.9. The molecule has 6 nitrogen and oxygen atoms in total. The quantitative estimate of drug-likeness (QED) is 0.317. The minimum Gasteiger partial charge on any atom is -0.409 e. The maximum atomic E-state index is 11.7. The van der Waals surface area contributed by atoms with Gasteiger partial charge in [0.25, 0.3) is 0 Å². The molecule has 0 saturated carbocycles. The molecule has 0 radical (unpaired) electrons. The van der Waals surface area contributed by atoms with E-state index in [1.807, 2.05) is 12.1 Å². The third-order valence-corrected chi connectivity index (χ3v) is 5.83. The molecule has 0 spiro atoms. The van der Waals surface area contributed by atoms with Crippen molar-refractivity contribution in [3.8, 4) is 0 Å². The SMILES string of the molecule is N/C(=N/O)c1ccccc1CNCC1CCCS1(=O)=O. The fourth-order valence-corrected chi connectivity index (χ4v) is 4.23. The summed E-state index contributed by atoms with van der Waals surface area (Å²) < 4.78 is 23.4. The molecule has 7 heteroatoms. The Morgan fingerprint density at radius 1 is 1.45 bits per heavy atom. The van der Waals surface area contributed by atoms with Crippen LogP contribution in [-0.2, 0) is 16.4 Å². The molecule has 1 fully saturated rings. The highest BCUT2D eigenvalue weighted by Crippen LogP contribution is 2.19. The molecule has 1 aromatic carbocycles. The minimum absolute atomic E-state index is 0.0517. The Kier molecular flexibility index (Phi) is 4.61. The van der Waals surface area contributed by atoms with E-state index in [4.69, 9.17) is 10.9 Å². The van der Waals surface area contributed by atoms with Gasteiger partial charge in [0.15, 0.2) is 15.7 Å². The summed E-state index contributed by atoms with van der Waals surface area (Å²) in [5.74, 6) is 0.343. The minimum atomic E-state index is -2.92. The first-order valence-corrected chi connectivity index (χ1v) is 8.24. The van der Waals surface area contributed by atoms with Gasteiger partial charge in [0.05, 0.1) is 11.0 Å². The van der Waals surface area contributed by atoms with E-state index in [0.29, 0.717) is 24.4 Å². The Morgan fingerprint density at radius 2 is 2.20 bits per heavy atom. The number of nitrogens with one attached hydrogen (secondary N) is 1. The molecule has 0 aliphatic carbocycles. The molecular weight excluding hydrogens is 278 g/mol. The van der Waals surface area contributed by atoms with Crippen molar-refractivity contribution in [1.29, 1.82) is 0 Å². The molecule has 20 heavy (non-hydrogen) atoms. The number of sulfone groups is 1. The second-order valence-corrected chi connectivity index (χ2v) is 7.31. The van der Waals surface area contributed by atoms with Crippen LogP contribution in [0.4, 0.5) is 0 Å². The lowest BCUT2D eigenvalue weighted by Crippen LogP contribution is -2.30. The number of hydrogen-bond acceptors (Lipinski definition) is 5. The van der Waals surface area contributed by atoms with E-state index < -0.39 is 9.84 Å². The van der Waals surface area contributed by atoms with Crippen LogP contribution in [0.15, 0.2) is 29.4 Å². The van der Waals surface area contributed by atoms with Gasteiger partial charge in [-0.2, -0.15) is 0 Å². The first kappa shape index (κ1) is 14.8. The lowest BCUT2D eigenvalue weighted by atomic mass is 10.1. The molecule has 1 saturated heterocycles. The molecule has 2 rings (SSSR count). The summed E-state index contributed by atoms with van der Waals surface area (Å²) in [4.78, 5) is 0. The molecule has 1 unspecified atom stereocenters. The molecule has 1 aliphatic rings. The monoisotopic (exact) mass is 297 g/mol. The Hall–Kier alpha value is -1.60. The largest absolute Gasteiger partial charge is 0.409 e. The number of rotatable bonds is 5. The molecule has 1 heterocycles. The van der Waals surface area contributed by atoms with Gasteiger partial charge in [-0.25, -0.2) is 8.42 Å². The topological polar surface area (TPSA) is 105 Å². The fourth-order valence-electron chi connectivity index (χ4n) is 2.43. The van der Waals surface area contributed by atoms with Crippen LogP contribution in [0.3, 0.4) is 0 Å². The number of nitrogens with zero attached hydrogens (tertiary/aromatic N) is 1. The average molecular weight is 297 g/mol. The lowest BCUT2D eigenvalue weighted by molar-refractivity contribution is 0.318. The average Bonchev–Trinajstić information content (AvgIpc) is 2.78. The highest BCUT2D eigenvalue weighted by Gasteiger charge is 2.30. The third-order valence-electron chi connectivity index (χ3n) is 3.55. The van der Waals surface area contributed by atoms with Crippen molar-refractivity contribution in [3.63, 3.8) is 0 Å². The summed E-state index contributed by atoms with van der Waals surface area (Å²) >= 11 is 0. The molecule has 0 aromatic heterocycles. The second-order valence-electron chi connectivity index (χ2n) is 4.90. The summed E-state index contributed by atoms with van der Waals surface area (Å²) in [6.07, 6.45) is 1.46. The van der Waals surface area contributed by atoms with Gasteiger partial charge >= 0.3 is 0 Å². The Bertz CT molecular complexity index is 599. The number of oxime groups is 1. The van der Waals surface area contributed by atoms with Crippen molar-refractivity contribution >= 4 is 15.7 Å². The normalized spacial score (nSPS) is 22.0. The first-order valence-electron chi connectivity index (χ1n) is 6.52. The molecule has 1 atom stereocenters. The van der Waals surface area contributed by atoms with Gasteiger partial charge in [-0.1, -0.05) is 29.4 Å². The number of nitrogens with two attached hydrogens (primary N) is 1. The lowest BCUT2D eigenvalue weighted by Gasteiger charge is -2.12. The van der Waals surface area contributed by atoms with Crippen molar-refractivity contribution in [2.24, 2.45) is 10.9 Å². The molecule has 0 bridgehead atoms. The predicted octanol–water partition coefficient (Wildman–Crippen LogP) is 0.448. The maximum absolute atomic E-state index is 11.7. The van der Waals surface area contributed by atoms with E-state index >= 15 is 0 Å². The molecule has 1 aliphatic heterocycles. The van der Waals surface area contributed by atoms with E-state index in [1.54, 1.807) is 12.1 Å². The van der Waals surface area contributed by atoms with E-state index in [0.717, 1.165) is 18.4 Å². The second kappa shape index (κ2) is 6.23. The van der Waals surface area contributed by atoms with Gasteiger partial charge in [0, 0.05) is 18.7 Å². The Balaban J connectivity index is 1.98. The van der Waals surface area contributed by atoms with Crippen LogP contribution in [0.1, 0.15) is 24.0 Å². The van der Waals surface area contributed by atoms with Crippen LogP contribution >= 0.6 is 0 Å². The van der Waals surface area contributed by atoms with Crippen molar-refractivity contribution < 1.29 is 13.6 Å². The standard InChI is InChI=1S/C13H19N3O3S/c14-13(16-17)12-6-2-1-4-10(12)8-15-9-11-5-3-7-20(11,18)19/h1-2,4,6,11,15,17H,3,5,7-9H2,(H2,14,16). The third kappa shape index (κ3) is 3.29. The smallest absolute Gasteiger partial charge is 0.170 e. The van der Waals surface area contributed by atoms with Crippen molar-refractivity contribution in [2.45, 2.75) is 24.6 Å². The van der Waals surface area contributed by atoms with E-state index in [2.05, 4.69) is 10.5 Å². The van der Waals surface area contributed by atoms with Gasteiger partial charge < -0.3 is 16.3 Å². The highest BCUT2D eigenvalue weighted by atomic mass is 32.2. The Morgan fingerprint density at radius 3 is 2.85 bits per heavy atom. The summed E-state index contributed by atoms with van der Waals surface area (Å²) in [5, 5.41) is 14.6. The van der Waals surface area contributed by atoms with Crippen LogP contribution in [0.25, 0.3) is 0 Å². The first-order chi connectivity index (χ1) is 9.54. The predicted molar refractivity (Wildman–Crippen MR) is 77.5 cm³/mol. The zero-order chi connectivity index (χ0) is 14.6. The summed E-state index contributed by atoms with van der Waals surface area (Å²) in [6, 6.07) is 7.29. The van der Waals surface area contributed by atoms with E-state index in [-0.39, 0.29) is 11.1 Å². The fraction of sp³-hybridized carbons (Fsp3) is 0.462. The number of amidine groups is 1. The molecule has 4 N–H and O–H groups in total. The van der Waals surface area contributed by atoms with Gasteiger partial charge in [-0.15, -0.1) is 0 Å². The van der Waals surface area contributed by atoms with Gasteiger partial charge in [-0.3, -0.25) is 0 Å². The number of benzene rings is 1. The number of hydrogen-bond donors (Lipinski definition) is 3. The highest BCUT2D eigenvalue weighted by molar-refractivity contribution is 7.92. The van der Waals surface area contributed by atoms with E-state index in [9.17, 15) is 8.42 Å². The van der Waals surface area contributed by atoms with Crippen molar-refractivity contribution in [1.82, 2.24) is 5.32 Å². The van der Waals surface area contributed by atoms with Gasteiger partial charge in [-0.05, 0) is 18.4 Å². The van der Waals surface area contributed by atoms with Crippen LogP contribution in [0.2, 0.25) is 0 Å². The van der Waals surface area contributed by atoms with Crippen LogP contribution < -0.4 is 11.1 Å². The zero-order valence-electron chi connectivity index (χ0n) is 11.1. The molecule has 1 aromatic rings. The van der Waals surface area contributed by atoms with Gasteiger partial charge in [0.2, 0.25) is 0 Å². The summed E-state index contributed by atoms with van der Waals surface area (Å²) in [7, 11) is -2.92. The van der Waals surface area contributed by atoms with Crippen LogP contribution in [0, 0.1) is 0 Å². The molecular formula is C13H19N3O3S. The van der Waals surface area contributed by atoms with E-state index in [1.165, 1.54) is 0 Å². The van der Waals surface area contributed by atoms with Gasteiger partial charge in [0.1, 0.15) is 0 Å².